The fourth-order valence-electron chi connectivity index (χ4n) is 2.57. The van der Waals surface area contributed by atoms with E-state index in [4.69, 9.17) is 19.8 Å². The molecule has 0 aromatic heterocycles. The van der Waals surface area contributed by atoms with E-state index in [1.165, 1.54) is 14.0 Å². The fraction of sp³-hybridized carbons (Fsp3) is 0.474. The van der Waals surface area contributed by atoms with Gasteiger partial charge >= 0.3 is 13.1 Å². The van der Waals surface area contributed by atoms with Crippen LogP contribution in [0.1, 0.15) is 50.5 Å². The van der Waals surface area contributed by atoms with Gasteiger partial charge in [-0.25, -0.2) is 4.79 Å². The number of nitrogen functional groups attached to an aromatic ring is 1. The zero-order valence-electron chi connectivity index (χ0n) is 16.7. The van der Waals surface area contributed by atoms with Crippen molar-refractivity contribution in [1.82, 2.24) is 5.32 Å². The number of hydrogen-bond acceptors (Lipinski definition) is 6. The molecule has 0 radical (unpaired) electrons. The van der Waals surface area contributed by atoms with E-state index >= 15 is 0 Å². The van der Waals surface area contributed by atoms with Gasteiger partial charge in [0.2, 0.25) is 5.91 Å². The van der Waals surface area contributed by atoms with Crippen molar-refractivity contribution in [2.45, 2.75) is 45.8 Å². The second kappa shape index (κ2) is 7.74. The van der Waals surface area contributed by atoms with Crippen molar-refractivity contribution in [3.8, 4) is 0 Å². The Hall–Kier alpha value is -2.32. The van der Waals surface area contributed by atoms with Crippen LogP contribution in [-0.4, -0.2) is 43.9 Å². The van der Waals surface area contributed by atoms with Crippen LogP contribution in [0.4, 0.5) is 5.69 Å². The number of methoxy groups -OCH3 is 1. The number of anilines is 1. The van der Waals surface area contributed by atoms with Gasteiger partial charge in [0.1, 0.15) is 0 Å². The minimum absolute atomic E-state index is 0.161. The first-order valence-corrected chi connectivity index (χ1v) is 8.75. The maximum atomic E-state index is 11.6. The van der Waals surface area contributed by atoms with Crippen LogP contribution in [-0.2, 0) is 18.8 Å². The molecule has 2 rings (SSSR count). The molecule has 1 aliphatic rings. The average molecular weight is 374 g/mol. The van der Waals surface area contributed by atoms with Gasteiger partial charge < -0.3 is 25.1 Å². The molecule has 1 fully saturated rings. The summed E-state index contributed by atoms with van der Waals surface area (Å²) in [4.78, 5) is 23.0. The summed E-state index contributed by atoms with van der Waals surface area (Å²) < 4.78 is 16.9. The van der Waals surface area contributed by atoms with Gasteiger partial charge in [-0.2, -0.15) is 0 Å². The molecule has 0 bridgehead atoms. The quantitative estimate of drug-likeness (QED) is 0.466. The molecule has 0 aliphatic carbocycles. The van der Waals surface area contributed by atoms with Crippen LogP contribution in [0.5, 0.6) is 0 Å². The van der Waals surface area contributed by atoms with Gasteiger partial charge in [-0.05, 0) is 50.9 Å². The molecule has 27 heavy (non-hydrogen) atoms. The van der Waals surface area contributed by atoms with Gasteiger partial charge in [-0.1, -0.05) is 12.1 Å². The van der Waals surface area contributed by atoms with Crippen LogP contribution >= 0.6 is 0 Å². The van der Waals surface area contributed by atoms with E-state index in [1.54, 1.807) is 18.2 Å². The van der Waals surface area contributed by atoms with Crippen molar-refractivity contribution in [3.05, 3.63) is 34.8 Å². The van der Waals surface area contributed by atoms with Crippen molar-refractivity contribution in [3.63, 3.8) is 0 Å². The highest BCUT2D eigenvalue weighted by Gasteiger charge is 2.52. The SMILES string of the molecule is COC(=O)c1ccc(C=C(CNC(C)=O)B2OC(C)(C)C(C)(C)O2)c(N)c1. The number of hydrogen-bond donors (Lipinski definition) is 2. The summed E-state index contributed by atoms with van der Waals surface area (Å²) in [5, 5.41) is 2.77. The molecule has 1 amide bonds. The molecule has 0 spiro atoms. The first-order valence-electron chi connectivity index (χ1n) is 8.75. The number of nitrogens with one attached hydrogen (secondary N) is 1. The third-order valence-corrected chi connectivity index (χ3v) is 4.95. The van der Waals surface area contributed by atoms with Crippen molar-refractivity contribution < 1.29 is 23.6 Å². The third-order valence-electron chi connectivity index (χ3n) is 4.95. The molecule has 0 atom stereocenters. The van der Waals surface area contributed by atoms with Gasteiger partial charge in [0.15, 0.2) is 0 Å². The smallest absolute Gasteiger partial charge is 0.465 e. The molecule has 146 valence electrons. The molecule has 7 nitrogen and oxygen atoms in total. The van der Waals surface area contributed by atoms with Crippen molar-refractivity contribution >= 4 is 30.8 Å². The van der Waals surface area contributed by atoms with Gasteiger partial charge in [-0.3, -0.25) is 4.79 Å². The Labute approximate surface area is 160 Å². The van der Waals surface area contributed by atoms with Crippen LogP contribution in [0.2, 0.25) is 0 Å². The van der Waals surface area contributed by atoms with Gasteiger partial charge in [0.25, 0.3) is 0 Å². The zero-order chi connectivity index (χ0) is 20.4. The lowest BCUT2D eigenvalue weighted by atomic mass is 9.76. The van der Waals surface area contributed by atoms with E-state index in [-0.39, 0.29) is 12.5 Å². The standard InChI is InChI=1S/C19H27BN2O5/c1-12(23)22-11-15(20-26-18(2,3)19(4,5)27-20)9-13-7-8-14(10-16(13)21)17(24)25-6/h7-10H,11,21H2,1-6H3,(H,22,23). The molecule has 1 aromatic carbocycles. The van der Waals surface area contributed by atoms with Gasteiger partial charge in [-0.15, -0.1) is 0 Å². The first-order chi connectivity index (χ1) is 12.5. The molecular weight excluding hydrogens is 347 g/mol. The Morgan fingerprint density at radius 3 is 2.30 bits per heavy atom. The Kier molecular flexibility index (Phi) is 6.02. The molecule has 1 heterocycles. The predicted octanol–water partition coefficient (Wildman–Crippen LogP) is 2.21. The monoisotopic (exact) mass is 374 g/mol. The van der Waals surface area contributed by atoms with E-state index in [2.05, 4.69) is 5.32 Å². The van der Waals surface area contributed by atoms with E-state index in [1.807, 2.05) is 33.8 Å². The molecular formula is C19H27BN2O5. The van der Waals surface area contributed by atoms with Gasteiger partial charge in [0, 0.05) is 19.2 Å². The summed E-state index contributed by atoms with van der Waals surface area (Å²) in [5.41, 5.74) is 7.28. The Bertz CT molecular complexity index is 757. The lowest BCUT2D eigenvalue weighted by Crippen LogP contribution is -2.41. The van der Waals surface area contributed by atoms with Crippen LogP contribution < -0.4 is 11.1 Å². The lowest BCUT2D eigenvalue weighted by molar-refractivity contribution is -0.118. The molecule has 0 saturated carbocycles. The van der Waals surface area contributed by atoms with Crippen LogP contribution in [0.3, 0.4) is 0 Å². The van der Waals surface area contributed by atoms with Gasteiger partial charge in [0.05, 0.1) is 23.9 Å². The number of carbonyl (C=O) groups excluding carboxylic acids is 2. The Balaban J connectivity index is 2.37. The lowest BCUT2D eigenvalue weighted by Gasteiger charge is -2.32. The second-order valence-corrected chi connectivity index (χ2v) is 7.55. The number of rotatable bonds is 5. The molecule has 0 unspecified atom stereocenters. The van der Waals surface area contributed by atoms with Crippen LogP contribution in [0.25, 0.3) is 6.08 Å². The summed E-state index contributed by atoms with van der Waals surface area (Å²) >= 11 is 0. The number of benzene rings is 1. The number of carbonyl (C=O) groups is 2. The zero-order valence-corrected chi connectivity index (χ0v) is 16.7. The maximum absolute atomic E-state index is 11.6. The number of ether oxygens (including phenoxy) is 1. The Morgan fingerprint density at radius 1 is 1.22 bits per heavy atom. The Morgan fingerprint density at radius 2 is 1.81 bits per heavy atom. The third kappa shape index (κ3) is 4.70. The predicted molar refractivity (Wildman–Crippen MR) is 105 cm³/mol. The summed E-state index contributed by atoms with van der Waals surface area (Å²) in [6, 6.07) is 4.91. The van der Waals surface area contributed by atoms with E-state index in [0.717, 1.165) is 5.47 Å². The summed E-state index contributed by atoms with van der Waals surface area (Å²) in [6.45, 7) is 9.54. The molecule has 1 aromatic rings. The highest BCUT2D eigenvalue weighted by atomic mass is 16.7. The van der Waals surface area contributed by atoms with Crippen LogP contribution in [0.15, 0.2) is 23.7 Å². The first kappa shape index (κ1) is 21.0. The van der Waals surface area contributed by atoms with Crippen molar-refractivity contribution in [2.75, 3.05) is 19.4 Å². The summed E-state index contributed by atoms with van der Waals surface area (Å²) in [7, 11) is 0.692. The number of amides is 1. The van der Waals surface area contributed by atoms with E-state index < -0.39 is 24.3 Å². The second-order valence-electron chi connectivity index (χ2n) is 7.55. The highest BCUT2D eigenvalue weighted by Crippen LogP contribution is 2.39. The minimum Gasteiger partial charge on any atom is -0.465 e. The maximum Gasteiger partial charge on any atom is 0.492 e. The van der Waals surface area contributed by atoms with Crippen LogP contribution in [0, 0.1) is 0 Å². The molecule has 1 aliphatic heterocycles. The van der Waals surface area contributed by atoms with E-state index in [0.29, 0.717) is 16.8 Å². The van der Waals surface area contributed by atoms with Crippen molar-refractivity contribution in [1.29, 1.82) is 0 Å². The average Bonchev–Trinajstić information content (AvgIpc) is 2.79. The van der Waals surface area contributed by atoms with E-state index in [9.17, 15) is 9.59 Å². The topological polar surface area (TPSA) is 99.9 Å². The molecule has 3 N–H and O–H groups in total. The summed E-state index contributed by atoms with van der Waals surface area (Å²) in [6.07, 6.45) is 1.81. The molecule has 1 saturated heterocycles. The minimum atomic E-state index is -0.624. The largest absolute Gasteiger partial charge is 0.492 e. The fourth-order valence-corrected chi connectivity index (χ4v) is 2.57. The number of esters is 1. The van der Waals surface area contributed by atoms with Crippen molar-refractivity contribution in [2.24, 2.45) is 0 Å². The number of nitrogens with two attached hydrogens (primary N) is 1. The highest BCUT2D eigenvalue weighted by molar-refractivity contribution is 6.56. The normalized spacial score (nSPS) is 18.3. The summed E-state index contributed by atoms with van der Waals surface area (Å²) in [5.74, 6) is -0.618. The molecule has 8 heteroatoms.